The number of aryl methyl sites for hydroxylation is 1. The van der Waals surface area contributed by atoms with Gasteiger partial charge in [-0.1, -0.05) is 56.3 Å². The first-order chi connectivity index (χ1) is 15.9. The number of benzene rings is 2. The standard InChI is InChI=1S/C26H32N4O2S/c1-18(2)25(28-24(31)15-20-8-9-21-6-4-5-7-22(21)14-20)26(32)30-12-10-29(11-13-30)16-23-17-33-19(3)27-23/h4-9,14,17-18,25H,10-13,15-16H2,1-3H3,(H,28,31). The van der Waals surface area contributed by atoms with Crippen LogP contribution in [0, 0.1) is 12.8 Å². The van der Waals surface area contributed by atoms with E-state index in [4.69, 9.17) is 0 Å². The molecule has 0 aliphatic carbocycles. The molecule has 1 fully saturated rings. The first-order valence-electron chi connectivity index (χ1n) is 11.6. The number of nitrogens with zero attached hydrogens (tertiary/aromatic N) is 3. The van der Waals surface area contributed by atoms with Gasteiger partial charge in [0.25, 0.3) is 0 Å². The average Bonchev–Trinajstić information content (AvgIpc) is 3.21. The van der Waals surface area contributed by atoms with Crippen molar-refractivity contribution >= 4 is 33.9 Å². The van der Waals surface area contributed by atoms with E-state index in [1.54, 1.807) is 11.3 Å². The summed E-state index contributed by atoms with van der Waals surface area (Å²) in [6.07, 6.45) is 0.266. The van der Waals surface area contributed by atoms with Crippen LogP contribution in [0.15, 0.2) is 47.8 Å². The van der Waals surface area contributed by atoms with Gasteiger partial charge in [-0.2, -0.15) is 0 Å². The van der Waals surface area contributed by atoms with Crippen LogP contribution in [0.4, 0.5) is 0 Å². The molecule has 2 heterocycles. The maximum atomic E-state index is 13.3. The van der Waals surface area contributed by atoms with Gasteiger partial charge in [-0.25, -0.2) is 4.98 Å². The van der Waals surface area contributed by atoms with E-state index in [1.807, 2.05) is 62.1 Å². The van der Waals surface area contributed by atoms with E-state index in [0.717, 1.165) is 46.7 Å². The molecule has 2 amide bonds. The molecule has 1 N–H and O–H groups in total. The SMILES string of the molecule is Cc1nc(CN2CCN(C(=O)C(NC(=O)Cc3ccc4ccccc4c3)C(C)C)CC2)cs1. The number of nitrogens with one attached hydrogen (secondary N) is 1. The van der Waals surface area contributed by atoms with Gasteiger partial charge in [0, 0.05) is 38.1 Å². The number of rotatable bonds is 7. The Labute approximate surface area is 199 Å². The second kappa shape index (κ2) is 10.4. The Morgan fingerprint density at radius 1 is 1.06 bits per heavy atom. The molecule has 2 aromatic carbocycles. The molecule has 33 heavy (non-hydrogen) atoms. The van der Waals surface area contributed by atoms with Crippen LogP contribution in [0.3, 0.4) is 0 Å². The molecule has 1 aliphatic rings. The minimum atomic E-state index is -0.509. The van der Waals surface area contributed by atoms with Crippen molar-refractivity contribution in [3.8, 4) is 0 Å². The normalized spacial score (nSPS) is 15.7. The van der Waals surface area contributed by atoms with Gasteiger partial charge in [0.2, 0.25) is 11.8 Å². The Balaban J connectivity index is 1.32. The quantitative estimate of drug-likeness (QED) is 0.580. The summed E-state index contributed by atoms with van der Waals surface area (Å²) in [6.45, 7) is 9.79. The van der Waals surface area contributed by atoms with Crippen LogP contribution >= 0.6 is 11.3 Å². The van der Waals surface area contributed by atoms with E-state index in [0.29, 0.717) is 13.1 Å². The molecule has 3 aromatic rings. The minimum Gasteiger partial charge on any atom is -0.344 e. The molecule has 174 valence electrons. The Kier molecular flexibility index (Phi) is 7.40. The first-order valence-corrected chi connectivity index (χ1v) is 12.5. The summed E-state index contributed by atoms with van der Waals surface area (Å²) in [5.74, 6) is -0.0788. The van der Waals surface area contributed by atoms with Crippen molar-refractivity contribution in [3.63, 3.8) is 0 Å². The third-order valence-electron chi connectivity index (χ3n) is 6.16. The number of piperazine rings is 1. The number of carbonyl (C=O) groups is 2. The molecule has 7 heteroatoms. The van der Waals surface area contributed by atoms with E-state index in [9.17, 15) is 9.59 Å². The molecule has 0 spiro atoms. The molecular weight excluding hydrogens is 432 g/mol. The van der Waals surface area contributed by atoms with Crippen LogP contribution in [0.2, 0.25) is 0 Å². The summed E-state index contributed by atoms with van der Waals surface area (Å²) < 4.78 is 0. The van der Waals surface area contributed by atoms with Crippen molar-refractivity contribution in [1.82, 2.24) is 20.1 Å². The second-order valence-electron chi connectivity index (χ2n) is 9.11. The summed E-state index contributed by atoms with van der Waals surface area (Å²) >= 11 is 1.67. The highest BCUT2D eigenvalue weighted by atomic mass is 32.1. The number of carbonyl (C=O) groups excluding carboxylic acids is 2. The summed E-state index contributed by atoms with van der Waals surface area (Å²) in [7, 11) is 0. The van der Waals surface area contributed by atoms with Crippen LogP contribution in [-0.4, -0.2) is 58.8 Å². The van der Waals surface area contributed by atoms with E-state index in [1.165, 1.54) is 0 Å². The molecule has 0 radical (unpaired) electrons. The number of aromatic nitrogens is 1. The molecule has 1 atom stereocenters. The van der Waals surface area contributed by atoms with Gasteiger partial charge in [-0.15, -0.1) is 11.3 Å². The predicted octanol–water partition coefficient (Wildman–Crippen LogP) is 3.63. The zero-order valence-corrected chi connectivity index (χ0v) is 20.4. The smallest absolute Gasteiger partial charge is 0.245 e. The highest BCUT2D eigenvalue weighted by Gasteiger charge is 2.30. The maximum absolute atomic E-state index is 13.3. The van der Waals surface area contributed by atoms with Gasteiger partial charge < -0.3 is 10.2 Å². The Morgan fingerprint density at radius 3 is 2.45 bits per heavy atom. The molecule has 4 rings (SSSR count). The van der Waals surface area contributed by atoms with Crippen molar-refractivity contribution in [3.05, 3.63) is 64.1 Å². The molecule has 1 aliphatic heterocycles. The average molecular weight is 465 g/mol. The Hall–Kier alpha value is -2.77. The Morgan fingerprint density at radius 2 is 1.79 bits per heavy atom. The maximum Gasteiger partial charge on any atom is 0.245 e. The van der Waals surface area contributed by atoms with Gasteiger partial charge in [0.05, 0.1) is 17.1 Å². The zero-order chi connectivity index (χ0) is 23.4. The van der Waals surface area contributed by atoms with Crippen molar-refractivity contribution in [2.45, 2.75) is 39.8 Å². The van der Waals surface area contributed by atoms with Gasteiger partial charge in [-0.3, -0.25) is 14.5 Å². The fraction of sp³-hybridized carbons (Fsp3) is 0.423. The first kappa shape index (κ1) is 23.4. The van der Waals surface area contributed by atoms with Crippen molar-refractivity contribution in [2.24, 2.45) is 5.92 Å². The lowest BCUT2D eigenvalue weighted by Crippen LogP contribution is -2.56. The van der Waals surface area contributed by atoms with E-state index < -0.39 is 6.04 Å². The highest BCUT2D eigenvalue weighted by molar-refractivity contribution is 7.09. The van der Waals surface area contributed by atoms with Crippen LogP contribution in [-0.2, 0) is 22.6 Å². The monoisotopic (exact) mass is 464 g/mol. The number of hydrogen-bond donors (Lipinski definition) is 1. The van der Waals surface area contributed by atoms with Gasteiger partial charge >= 0.3 is 0 Å². The van der Waals surface area contributed by atoms with Crippen molar-refractivity contribution < 1.29 is 9.59 Å². The van der Waals surface area contributed by atoms with E-state index in [-0.39, 0.29) is 24.2 Å². The number of hydrogen-bond acceptors (Lipinski definition) is 5. The lowest BCUT2D eigenvalue weighted by Gasteiger charge is -2.37. The third-order valence-corrected chi connectivity index (χ3v) is 6.99. The zero-order valence-electron chi connectivity index (χ0n) is 19.6. The van der Waals surface area contributed by atoms with Gasteiger partial charge in [0.1, 0.15) is 6.04 Å². The van der Waals surface area contributed by atoms with E-state index >= 15 is 0 Å². The van der Waals surface area contributed by atoms with E-state index in [2.05, 4.69) is 26.6 Å². The molecule has 1 aromatic heterocycles. The van der Waals surface area contributed by atoms with Crippen LogP contribution in [0.25, 0.3) is 10.8 Å². The molecule has 0 bridgehead atoms. The topological polar surface area (TPSA) is 65.5 Å². The van der Waals surface area contributed by atoms with Crippen LogP contribution in [0.5, 0.6) is 0 Å². The largest absolute Gasteiger partial charge is 0.344 e. The lowest BCUT2D eigenvalue weighted by molar-refractivity contribution is -0.139. The molecule has 1 unspecified atom stereocenters. The summed E-state index contributed by atoms with van der Waals surface area (Å²) in [6, 6.07) is 13.7. The fourth-order valence-corrected chi connectivity index (χ4v) is 4.91. The lowest BCUT2D eigenvalue weighted by atomic mass is 10.0. The predicted molar refractivity (Wildman–Crippen MR) is 133 cm³/mol. The van der Waals surface area contributed by atoms with Crippen LogP contribution < -0.4 is 5.32 Å². The molecular formula is C26H32N4O2S. The van der Waals surface area contributed by atoms with Crippen molar-refractivity contribution in [2.75, 3.05) is 26.2 Å². The summed E-state index contributed by atoms with van der Waals surface area (Å²) in [5.41, 5.74) is 2.05. The number of thiazole rings is 1. The summed E-state index contributed by atoms with van der Waals surface area (Å²) in [5, 5.41) is 8.47. The number of fused-ring (bicyclic) bond motifs is 1. The Bertz CT molecular complexity index is 1120. The second-order valence-corrected chi connectivity index (χ2v) is 10.2. The van der Waals surface area contributed by atoms with Crippen LogP contribution in [0.1, 0.15) is 30.1 Å². The molecule has 6 nitrogen and oxygen atoms in total. The van der Waals surface area contributed by atoms with Gasteiger partial charge in [0.15, 0.2) is 0 Å². The summed E-state index contributed by atoms with van der Waals surface area (Å²) in [4.78, 5) is 34.8. The molecule has 0 saturated carbocycles. The molecule has 1 saturated heterocycles. The highest BCUT2D eigenvalue weighted by Crippen LogP contribution is 2.17. The minimum absolute atomic E-state index is 0.0148. The fourth-order valence-electron chi connectivity index (χ4n) is 4.31. The number of amides is 2. The van der Waals surface area contributed by atoms with Crippen molar-refractivity contribution in [1.29, 1.82) is 0 Å². The van der Waals surface area contributed by atoms with Gasteiger partial charge in [-0.05, 0) is 29.2 Å². The third kappa shape index (κ3) is 5.97.